The van der Waals surface area contributed by atoms with Gasteiger partial charge >= 0.3 is 0 Å². The topological polar surface area (TPSA) is 58.2 Å². The van der Waals surface area contributed by atoms with Gasteiger partial charge in [0.1, 0.15) is 5.70 Å². The molecule has 2 aromatic carbocycles. The summed E-state index contributed by atoms with van der Waals surface area (Å²) in [5.74, 6) is -0.620. The fourth-order valence-corrected chi connectivity index (χ4v) is 3.43. The predicted molar refractivity (Wildman–Crippen MR) is 114 cm³/mol. The summed E-state index contributed by atoms with van der Waals surface area (Å²) in [5, 5.41) is 7.61. The molecule has 0 saturated heterocycles. The van der Waals surface area contributed by atoms with Crippen molar-refractivity contribution < 1.29 is 9.59 Å². The number of hydrogen-bond acceptors (Lipinski definition) is 3. The molecule has 3 rings (SSSR count). The summed E-state index contributed by atoms with van der Waals surface area (Å²) < 4.78 is 0. The van der Waals surface area contributed by atoms with Crippen molar-refractivity contribution in [1.29, 1.82) is 0 Å². The summed E-state index contributed by atoms with van der Waals surface area (Å²) in [6, 6.07) is 19.0. The van der Waals surface area contributed by atoms with Crippen LogP contribution in [0.5, 0.6) is 0 Å². The van der Waals surface area contributed by atoms with E-state index in [9.17, 15) is 9.59 Å². The zero-order valence-electron chi connectivity index (χ0n) is 15.9. The molecule has 1 aromatic heterocycles. The van der Waals surface area contributed by atoms with Gasteiger partial charge in [-0.3, -0.25) is 9.59 Å². The van der Waals surface area contributed by atoms with E-state index < -0.39 is 0 Å². The van der Waals surface area contributed by atoms with Crippen LogP contribution in [0.25, 0.3) is 6.08 Å². The number of benzene rings is 2. The van der Waals surface area contributed by atoms with Gasteiger partial charge < -0.3 is 10.6 Å². The van der Waals surface area contributed by atoms with Crippen molar-refractivity contribution in [2.45, 2.75) is 20.4 Å². The van der Waals surface area contributed by atoms with Gasteiger partial charge in [0.15, 0.2) is 0 Å². The van der Waals surface area contributed by atoms with Gasteiger partial charge in [-0.25, -0.2) is 0 Å². The molecular weight excluding hydrogens is 368 g/mol. The number of carbonyl (C=O) groups is 2. The first kappa shape index (κ1) is 19.6. The molecule has 0 unspecified atom stereocenters. The van der Waals surface area contributed by atoms with Crippen LogP contribution >= 0.6 is 11.3 Å². The van der Waals surface area contributed by atoms with E-state index in [4.69, 9.17) is 0 Å². The number of rotatable bonds is 6. The number of nitrogens with one attached hydrogen (secondary N) is 2. The first-order chi connectivity index (χ1) is 13.5. The molecule has 0 spiro atoms. The Bertz CT molecular complexity index is 1010. The Kier molecular flexibility index (Phi) is 6.40. The van der Waals surface area contributed by atoms with Crippen LogP contribution in [0.15, 0.2) is 71.7 Å². The van der Waals surface area contributed by atoms with Gasteiger partial charge in [-0.05, 0) is 54.1 Å². The van der Waals surface area contributed by atoms with Crippen molar-refractivity contribution in [1.82, 2.24) is 10.6 Å². The SMILES string of the molecule is Cc1ccccc1CNC(=O)/C(=C/c1cccs1)NC(=O)c1ccccc1C. The van der Waals surface area contributed by atoms with Gasteiger partial charge in [0.05, 0.1) is 0 Å². The van der Waals surface area contributed by atoms with E-state index in [0.29, 0.717) is 12.1 Å². The van der Waals surface area contributed by atoms with Gasteiger partial charge in [-0.15, -0.1) is 11.3 Å². The minimum atomic E-state index is -0.321. The van der Waals surface area contributed by atoms with Crippen molar-refractivity contribution in [3.8, 4) is 0 Å². The summed E-state index contributed by atoms with van der Waals surface area (Å²) in [7, 11) is 0. The summed E-state index contributed by atoms with van der Waals surface area (Å²) in [6.45, 7) is 4.27. The molecule has 0 atom stereocenters. The van der Waals surface area contributed by atoms with Crippen LogP contribution in [0.4, 0.5) is 0 Å². The van der Waals surface area contributed by atoms with Crippen molar-refractivity contribution >= 4 is 29.2 Å². The largest absolute Gasteiger partial charge is 0.347 e. The molecule has 1 heterocycles. The number of aryl methyl sites for hydroxylation is 2. The van der Waals surface area contributed by atoms with E-state index in [1.54, 1.807) is 12.1 Å². The third-order valence-electron chi connectivity index (χ3n) is 4.41. The molecule has 4 nitrogen and oxygen atoms in total. The Morgan fingerprint density at radius 1 is 0.929 bits per heavy atom. The highest BCUT2D eigenvalue weighted by atomic mass is 32.1. The molecular formula is C23H22N2O2S. The Morgan fingerprint density at radius 3 is 2.32 bits per heavy atom. The standard InChI is InChI=1S/C23H22N2O2S/c1-16-8-3-5-10-18(16)15-24-23(27)21(14-19-11-7-13-28-19)25-22(26)20-12-6-4-9-17(20)2/h3-14H,15H2,1-2H3,(H,24,27)(H,25,26)/b21-14-. The highest BCUT2D eigenvalue weighted by molar-refractivity contribution is 7.10. The molecule has 0 saturated carbocycles. The molecule has 0 radical (unpaired) electrons. The van der Waals surface area contributed by atoms with E-state index in [1.165, 1.54) is 11.3 Å². The number of thiophene rings is 1. The van der Waals surface area contributed by atoms with Crippen LogP contribution < -0.4 is 10.6 Å². The summed E-state index contributed by atoms with van der Waals surface area (Å²) in [6.07, 6.45) is 1.70. The Hall–Kier alpha value is -3.18. The van der Waals surface area contributed by atoms with E-state index in [1.807, 2.05) is 73.8 Å². The highest BCUT2D eigenvalue weighted by Crippen LogP contribution is 2.14. The predicted octanol–water partition coefficient (Wildman–Crippen LogP) is 4.45. The lowest BCUT2D eigenvalue weighted by atomic mass is 10.1. The monoisotopic (exact) mass is 390 g/mol. The molecule has 142 valence electrons. The van der Waals surface area contributed by atoms with Gasteiger partial charge in [0.2, 0.25) is 0 Å². The maximum Gasteiger partial charge on any atom is 0.268 e. The Balaban J connectivity index is 1.79. The minimum absolute atomic E-state index is 0.226. The molecule has 2 amide bonds. The third-order valence-corrected chi connectivity index (χ3v) is 5.23. The first-order valence-electron chi connectivity index (χ1n) is 8.99. The third kappa shape index (κ3) is 4.96. The fourth-order valence-electron chi connectivity index (χ4n) is 2.77. The molecule has 0 fully saturated rings. The number of carbonyl (C=O) groups excluding carboxylic acids is 2. The molecule has 2 N–H and O–H groups in total. The second-order valence-electron chi connectivity index (χ2n) is 6.45. The van der Waals surface area contributed by atoms with Crippen molar-refractivity contribution in [3.63, 3.8) is 0 Å². The summed E-state index contributed by atoms with van der Waals surface area (Å²) in [5.41, 5.74) is 3.78. The lowest BCUT2D eigenvalue weighted by Crippen LogP contribution is -2.35. The average molecular weight is 391 g/mol. The van der Waals surface area contributed by atoms with E-state index in [0.717, 1.165) is 21.6 Å². The Labute approximate surface area is 168 Å². The highest BCUT2D eigenvalue weighted by Gasteiger charge is 2.16. The average Bonchev–Trinajstić information content (AvgIpc) is 3.20. The van der Waals surface area contributed by atoms with Crippen LogP contribution in [0, 0.1) is 13.8 Å². The maximum absolute atomic E-state index is 12.8. The summed E-state index contributed by atoms with van der Waals surface area (Å²) in [4.78, 5) is 26.4. The molecule has 3 aromatic rings. The maximum atomic E-state index is 12.8. The van der Waals surface area contributed by atoms with Gasteiger partial charge in [0, 0.05) is 17.0 Å². The second-order valence-corrected chi connectivity index (χ2v) is 7.43. The summed E-state index contributed by atoms with van der Waals surface area (Å²) >= 11 is 1.50. The van der Waals surface area contributed by atoms with Gasteiger partial charge in [0.25, 0.3) is 11.8 Å². The quantitative estimate of drug-likeness (QED) is 0.611. The van der Waals surface area contributed by atoms with E-state index in [-0.39, 0.29) is 17.5 Å². The number of amides is 2. The normalized spacial score (nSPS) is 11.1. The van der Waals surface area contributed by atoms with Gasteiger partial charge in [-0.2, -0.15) is 0 Å². The lowest BCUT2D eigenvalue weighted by Gasteiger charge is -2.13. The van der Waals surface area contributed by atoms with Crippen LogP contribution in [0.2, 0.25) is 0 Å². The molecule has 28 heavy (non-hydrogen) atoms. The van der Waals surface area contributed by atoms with Crippen LogP contribution in [-0.2, 0) is 11.3 Å². The van der Waals surface area contributed by atoms with Crippen LogP contribution in [0.3, 0.4) is 0 Å². The van der Waals surface area contributed by atoms with Crippen molar-refractivity contribution in [2.24, 2.45) is 0 Å². The lowest BCUT2D eigenvalue weighted by molar-refractivity contribution is -0.117. The number of hydrogen-bond donors (Lipinski definition) is 2. The Morgan fingerprint density at radius 2 is 1.64 bits per heavy atom. The van der Waals surface area contributed by atoms with Gasteiger partial charge in [-0.1, -0.05) is 48.5 Å². The van der Waals surface area contributed by atoms with E-state index >= 15 is 0 Å². The molecule has 0 aliphatic heterocycles. The van der Waals surface area contributed by atoms with E-state index in [2.05, 4.69) is 10.6 Å². The zero-order valence-corrected chi connectivity index (χ0v) is 16.7. The molecule has 0 bridgehead atoms. The van der Waals surface area contributed by atoms with Crippen molar-refractivity contribution in [3.05, 3.63) is 98.9 Å². The second kappa shape index (κ2) is 9.15. The minimum Gasteiger partial charge on any atom is -0.347 e. The van der Waals surface area contributed by atoms with Crippen LogP contribution in [-0.4, -0.2) is 11.8 Å². The van der Waals surface area contributed by atoms with Crippen LogP contribution in [0.1, 0.15) is 31.9 Å². The molecule has 0 aliphatic carbocycles. The zero-order chi connectivity index (χ0) is 19.9. The molecule has 0 aliphatic rings. The fraction of sp³-hybridized carbons (Fsp3) is 0.130. The first-order valence-corrected chi connectivity index (χ1v) is 9.87. The molecule has 5 heteroatoms. The van der Waals surface area contributed by atoms with Crippen molar-refractivity contribution in [2.75, 3.05) is 0 Å². The smallest absolute Gasteiger partial charge is 0.268 e.